The van der Waals surface area contributed by atoms with Crippen LogP contribution in [0.5, 0.6) is 0 Å². The number of hydroxylamine groups is 1. The zero-order valence-electron chi connectivity index (χ0n) is 11.6. The minimum absolute atomic E-state index is 0.445. The third-order valence-electron chi connectivity index (χ3n) is 3.54. The lowest BCUT2D eigenvalue weighted by Crippen LogP contribution is -2.32. The Balaban J connectivity index is 2.02. The number of amides is 1. The maximum Gasteiger partial charge on any atom is 0.268 e. The second-order valence-electron chi connectivity index (χ2n) is 4.97. The Morgan fingerprint density at radius 3 is 2.77 bits per heavy atom. The summed E-state index contributed by atoms with van der Waals surface area (Å²) in [5, 5.41) is 14.3. The van der Waals surface area contributed by atoms with Crippen molar-refractivity contribution in [3.63, 3.8) is 0 Å². The zero-order chi connectivity index (χ0) is 15.5. The summed E-state index contributed by atoms with van der Waals surface area (Å²) in [5.41, 5.74) is 3.58. The second-order valence-corrected chi connectivity index (χ2v) is 5.89. The van der Waals surface area contributed by atoms with Crippen LogP contribution in [0.25, 0.3) is 10.9 Å². The summed E-state index contributed by atoms with van der Waals surface area (Å²) in [6.45, 7) is 0. The van der Waals surface area contributed by atoms with Gasteiger partial charge in [-0.15, -0.1) is 0 Å². The van der Waals surface area contributed by atoms with Crippen LogP contribution in [-0.2, 0) is 11.2 Å². The number of carbonyl (C=O) groups is 1. The zero-order valence-corrected chi connectivity index (χ0v) is 13.2. The van der Waals surface area contributed by atoms with Crippen LogP contribution in [0.1, 0.15) is 11.6 Å². The summed E-state index contributed by atoms with van der Waals surface area (Å²) in [6.07, 6.45) is 2.16. The first kappa shape index (κ1) is 14.7. The van der Waals surface area contributed by atoms with Gasteiger partial charge in [0.05, 0.1) is 11.7 Å². The monoisotopic (exact) mass is 359 g/mol. The first-order valence-corrected chi connectivity index (χ1v) is 7.59. The van der Waals surface area contributed by atoms with Crippen molar-refractivity contribution in [2.45, 2.75) is 12.5 Å². The summed E-state index contributed by atoms with van der Waals surface area (Å²) < 4.78 is 2.59. The van der Waals surface area contributed by atoms with E-state index < -0.39 is 11.9 Å². The molecule has 22 heavy (non-hydrogen) atoms. The smallest absolute Gasteiger partial charge is 0.268 e. The van der Waals surface area contributed by atoms with E-state index in [0.717, 1.165) is 20.9 Å². The van der Waals surface area contributed by atoms with Crippen LogP contribution in [0, 0.1) is 0 Å². The fourth-order valence-corrected chi connectivity index (χ4v) is 2.85. The molecule has 2 aromatic carbocycles. The van der Waals surface area contributed by atoms with Crippen molar-refractivity contribution in [2.75, 3.05) is 0 Å². The van der Waals surface area contributed by atoms with E-state index in [9.17, 15) is 4.79 Å². The molecule has 3 aromatic rings. The number of halogens is 1. The molecule has 0 saturated heterocycles. The number of nitrogens with zero attached hydrogens (tertiary/aromatic N) is 2. The van der Waals surface area contributed by atoms with Crippen molar-refractivity contribution in [1.82, 2.24) is 15.3 Å². The van der Waals surface area contributed by atoms with Crippen molar-refractivity contribution in [2.24, 2.45) is 0 Å². The number of hydrogen-bond acceptors (Lipinski definition) is 3. The van der Waals surface area contributed by atoms with Gasteiger partial charge >= 0.3 is 0 Å². The molecule has 1 heterocycles. The van der Waals surface area contributed by atoms with Crippen LogP contribution in [-0.4, -0.2) is 20.9 Å². The summed E-state index contributed by atoms with van der Waals surface area (Å²) in [4.78, 5) is 12.1. The number of nitrogens with one attached hydrogen (secondary N) is 1. The topological polar surface area (TPSA) is 67.2 Å². The third-order valence-corrected chi connectivity index (χ3v) is 4.03. The average molecular weight is 360 g/mol. The quantitative estimate of drug-likeness (QED) is 0.555. The summed E-state index contributed by atoms with van der Waals surface area (Å²) in [7, 11) is 0. The molecule has 0 bridgehead atoms. The first-order valence-electron chi connectivity index (χ1n) is 6.79. The van der Waals surface area contributed by atoms with E-state index in [1.54, 1.807) is 16.4 Å². The molecule has 0 aliphatic rings. The molecule has 0 saturated carbocycles. The van der Waals surface area contributed by atoms with E-state index in [-0.39, 0.29) is 0 Å². The maximum atomic E-state index is 12.1. The van der Waals surface area contributed by atoms with Gasteiger partial charge in [0.25, 0.3) is 5.91 Å². The van der Waals surface area contributed by atoms with Gasteiger partial charge in [0.2, 0.25) is 0 Å². The molecule has 0 fully saturated rings. The molecule has 0 spiro atoms. The van der Waals surface area contributed by atoms with Crippen LogP contribution < -0.4 is 5.48 Å². The minimum atomic E-state index is -0.619. The Kier molecular flexibility index (Phi) is 4.22. The summed E-state index contributed by atoms with van der Waals surface area (Å²) in [6, 6.07) is 14.8. The highest BCUT2D eigenvalue weighted by molar-refractivity contribution is 9.10. The molecule has 5 nitrogen and oxygen atoms in total. The Hall–Kier alpha value is -2.18. The highest BCUT2D eigenvalue weighted by Gasteiger charge is 2.23. The number of aromatic nitrogens is 2. The Bertz CT molecular complexity index is 802. The summed E-state index contributed by atoms with van der Waals surface area (Å²) in [5.74, 6) is -0.489. The predicted octanol–water partition coefficient (Wildman–Crippen LogP) is 3.09. The largest absolute Gasteiger partial charge is 0.289 e. The van der Waals surface area contributed by atoms with Gasteiger partial charge in [-0.05, 0) is 23.8 Å². The van der Waals surface area contributed by atoms with Gasteiger partial charge in [-0.25, -0.2) is 5.48 Å². The second kappa shape index (κ2) is 6.29. The minimum Gasteiger partial charge on any atom is -0.289 e. The number of fused-ring (bicyclic) bond motifs is 1. The molecule has 112 valence electrons. The molecule has 1 aromatic heterocycles. The van der Waals surface area contributed by atoms with Crippen molar-refractivity contribution in [3.05, 3.63) is 64.8 Å². The maximum absolute atomic E-state index is 12.1. The molecular weight excluding hydrogens is 346 g/mol. The summed E-state index contributed by atoms with van der Waals surface area (Å²) >= 11 is 3.42. The number of benzene rings is 2. The highest BCUT2D eigenvalue weighted by Crippen LogP contribution is 2.24. The van der Waals surface area contributed by atoms with E-state index in [1.165, 1.54) is 0 Å². The lowest BCUT2D eigenvalue weighted by molar-refractivity contribution is -0.132. The van der Waals surface area contributed by atoms with Gasteiger partial charge in [-0.1, -0.05) is 46.3 Å². The Morgan fingerprint density at radius 2 is 2.05 bits per heavy atom. The molecule has 1 unspecified atom stereocenters. The van der Waals surface area contributed by atoms with Crippen LogP contribution in [0.15, 0.2) is 59.2 Å². The van der Waals surface area contributed by atoms with Gasteiger partial charge < -0.3 is 0 Å². The molecule has 1 atom stereocenters. The lowest BCUT2D eigenvalue weighted by Gasteiger charge is -2.16. The Labute approximate surface area is 135 Å². The normalized spacial score (nSPS) is 12.3. The molecule has 0 radical (unpaired) electrons. The van der Waals surface area contributed by atoms with Gasteiger partial charge in [-0.2, -0.15) is 5.10 Å². The van der Waals surface area contributed by atoms with E-state index in [1.807, 2.05) is 48.5 Å². The SMILES string of the molecule is O=C(NO)C(Cc1ccccc1)n1ncc2cc(Br)ccc21. The average Bonchev–Trinajstić information content (AvgIpc) is 2.95. The highest BCUT2D eigenvalue weighted by atomic mass is 79.9. The number of rotatable bonds is 4. The fourth-order valence-electron chi connectivity index (χ4n) is 2.47. The van der Waals surface area contributed by atoms with Crippen LogP contribution in [0.2, 0.25) is 0 Å². The van der Waals surface area contributed by atoms with Gasteiger partial charge in [0.15, 0.2) is 0 Å². The Morgan fingerprint density at radius 1 is 1.27 bits per heavy atom. The lowest BCUT2D eigenvalue weighted by atomic mass is 10.1. The number of hydrogen-bond donors (Lipinski definition) is 2. The van der Waals surface area contributed by atoms with E-state index in [0.29, 0.717) is 6.42 Å². The van der Waals surface area contributed by atoms with E-state index in [2.05, 4.69) is 21.0 Å². The van der Waals surface area contributed by atoms with Gasteiger partial charge in [-0.3, -0.25) is 14.7 Å². The van der Waals surface area contributed by atoms with Crippen LogP contribution >= 0.6 is 15.9 Å². The third kappa shape index (κ3) is 2.88. The predicted molar refractivity (Wildman–Crippen MR) is 86.5 cm³/mol. The molecule has 2 N–H and O–H groups in total. The van der Waals surface area contributed by atoms with Gasteiger partial charge in [0, 0.05) is 16.3 Å². The van der Waals surface area contributed by atoms with Crippen molar-refractivity contribution < 1.29 is 10.0 Å². The molecule has 1 amide bonds. The standard InChI is InChI=1S/C16H14BrN3O2/c17-13-6-7-14-12(9-13)10-18-20(14)15(16(21)19-22)8-11-4-2-1-3-5-11/h1-7,9-10,15,22H,8H2,(H,19,21). The van der Waals surface area contributed by atoms with E-state index in [4.69, 9.17) is 5.21 Å². The first-order chi connectivity index (χ1) is 10.7. The molecule has 0 aliphatic carbocycles. The fraction of sp³-hybridized carbons (Fsp3) is 0.125. The molecular formula is C16H14BrN3O2. The van der Waals surface area contributed by atoms with Crippen LogP contribution in [0.3, 0.4) is 0 Å². The van der Waals surface area contributed by atoms with Crippen molar-refractivity contribution in [3.8, 4) is 0 Å². The van der Waals surface area contributed by atoms with Gasteiger partial charge in [0.1, 0.15) is 6.04 Å². The molecule has 0 aliphatic heterocycles. The van der Waals surface area contributed by atoms with E-state index >= 15 is 0 Å². The number of carbonyl (C=O) groups excluding carboxylic acids is 1. The van der Waals surface area contributed by atoms with Crippen LogP contribution in [0.4, 0.5) is 0 Å². The van der Waals surface area contributed by atoms with Crippen molar-refractivity contribution >= 4 is 32.7 Å². The van der Waals surface area contributed by atoms with Crippen molar-refractivity contribution in [1.29, 1.82) is 0 Å². The molecule has 6 heteroatoms. The molecule has 3 rings (SSSR count).